The van der Waals surface area contributed by atoms with Crippen LogP contribution in [0.4, 0.5) is 11.4 Å². The Hall–Kier alpha value is -2.71. The standard InChI is InChI=1S/C22H27N3O4S/c1-16-5-4-6-18-9-12-21(27)25(22(16)18)14-13-24(2)15-20(26)17-7-10-19(11-8-17)23-30(3,28)29/h4-8,10-11,23H,9,12-15H2,1-3H3. The van der Waals surface area contributed by atoms with Crippen molar-refractivity contribution in [3.05, 3.63) is 59.2 Å². The molecule has 8 heteroatoms. The lowest BCUT2D eigenvalue weighted by Gasteiger charge is -2.32. The van der Waals surface area contributed by atoms with Gasteiger partial charge in [0.25, 0.3) is 0 Å². The molecule has 0 saturated heterocycles. The summed E-state index contributed by atoms with van der Waals surface area (Å²) in [6.07, 6.45) is 2.35. The molecular weight excluding hydrogens is 402 g/mol. The van der Waals surface area contributed by atoms with E-state index < -0.39 is 10.0 Å². The first kappa shape index (κ1) is 22.0. The smallest absolute Gasteiger partial charge is 0.229 e. The summed E-state index contributed by atoms with van der Waals surface area (Å²) in [5, 5.41) is 0. The predicted octanol–water partition coefficient (Wildman–Crippen LogP) is 2.46. The van der Waals surface area contributed by atoms with Crippen molar-refractivity contribution in [2.45, 2.75) is 19.8 Å². The zero-order valence-corrected chi connectivity index (χ0v) is 18.3. The van der Waals surface area contributed by atoms with E-state index in [0.717, 1.165) is 23.9 Å². The fourth-order valence-electron chi connectivity index (χ4n) is 3.67. The quantitative estimate of drug-likeness (QED) is 0.652. The van der Waals surface area contributed by atoms with Crippen molar-refractivity contribution >= 4 is 33.1 Å². The van der Waals surface area contributed by atoms with Crippen LogP contribution in [0, 0.1) is 6.92 Å². The van der Waals surface area contributed by atoms with Crippen LogP contribution in [0.1, 0.15) is 27.9 Å². The number of carbonyl (C=O) groups excluding carboxylic acids is 2. The molecule has 0 aliphatic carbocycles. The van der Waals surface area contributed by atoms with Gasteiger partial charge in [-0.15, -0.1) is 0 Å². The fourth-order valence-corrected chi connectivity index (χ4v) is 4.23. The molecule has 0 radical (unpaired) electrons. The first-order valence-corrected chi connectivity index (χ1v) is 11.7. The second-order valence-electron chi connectivity index (χ2n) is 7.74. The minimum Gasteiger partial charge on any atom is -0.311 e. The summed E-state index contributed by atoms with van der Waals surface area (Å²) < 4.78 is 24.9. The molecule has 7 nitrogen and oxygen atoms in total. The van der Waals surface area contributed by atoms with Gasteiger partial charge in [-0.1, -0.05) is 18.2 Å². The molecule has 2 aromatic carbocycles. The van der Waals surface area contributed by atoms with Gasteiger partial charge in [0.1, 0.15) is 0 Å². The number of nitrogens with zero attached hydrogens (tertiary/aromatic N) is 2. The maximum Gasteiger partial charge on any atom is 0.229 e. The second kappa shape index (κ2) is 8.97. The number of amides is 1. The van der Waals surface area contributed by atoms with Crippen LogP contribution >= 0.6 is 0 Å². The van der Waals surface area contributed by atoms with E-state index in [9.17, 15) is 18.0 Å². The SMILES string of the molecule is Cc1cccc2c1N(CCN(C)CC(=O)c1ccc(NS(C)(=O)=O)cc1)C(=O)CC2. The molecule has 30 heavy (non-hydrogen) atoms. The highest BCUT2D eigenvalue weighted by molar-refractivity contribution is 7.92. The van der Waals surface area contributed by atoms with E-state index in [2.05, 4.69) is 10.8 Å². The Balaban J connectivity index is 1.59. The van der Waals surface area contributed by atoms with Gasteiger partial charge in [-0.25, -0.2) is 8.42 Å². The summed E-state index contributed by atoms with van der Waals surface area (Å²) in [7, 11) is -1.50. The van der Waals surface area contributed by atoms with Crippen molar-refractivity contribution in [1.82, 2.24) is 4.90 Å². The Bertz CT molecular complexity index is 1050. The zero-order valence-electron chi connectivity index (χ0n) is 17.5. The highest BCUT2D eigenvalue weighted by atomic mass is 32.2. The Morgan fingerprint density at radius 1 is 1.13 bits per heavy atom. The number of nitrogens with one attached hydrogen (secondary N) is 1. The first-order valence-electron chi connectivity index (χ1n) is 9.82. The lowest BCUT2D eigenvalue weighted by Crippen LogP contribution is -2.41. The molecule has 1 aliphatic rings. The lowest BCUT2D eigenvalue weighted by molar-refractivity contribution is -0.118. The van der Waals surface area contributed by atoms with Gasteiger partial charge in [-0.2, -0.15) is 0 Å². The lowest BCUT2D eigenvalue weighted by atomic mass is 9.98. The van der Waals surface area contributed by atoms with E-state index in [-0.39, 0.29) is 18.2 Å². The number of para-hydroxylation sites is 1. The maximum atomic E-state index is 12.6. The van der Waals surface area contributed by atoms with Crippen LogP contribution in [0.25, 0.3) is 0 Å². The molecule has 1 N–H and O–H groups in total. The highest BCUT2D eigenvalue weighted by Crippen LogP contribution is 2.30. The summed E-state index contributed by atoms with van der Waals surface area (Å²) >= 11 is 0. The van der Waals surface area contributed by atoms with Crippen LogP contribution in [0.3, 0.4) is 0 Å². The second-order valence-corrected chi connectivity index (χ2v) is 9.49. The van der Waals surface area contributed by atoms with Crippen LogP contribution < -0.4 is 9.62 Å². The Labute approximate surface area is 177 Å². The number of benzene rings is 2. The van der Waals surface area contributed by atoms with Crippen LogP contribution in [0.2, 0.25) is 0 Å². The van der Waals surface area contributed by atoms with Crippen molar-refractivity contribution in [3.63, 3.8) is 0 Å². The summed E-state index contributed by atoms with van der Waals surface area (Å²) in [6.45, 7) is 3.32. The number of carbonyl (C=O) groups is 2. The monoisotopic (exact) mass is 429 g/mol. The average molecular weight is 430 g/mol. The van der Waals surface area contributed by atoms with Crippen molar-refractivity contribution in [1.29, 1.82) is 0 Å². The van der Waals surface area contributed by atoms with Crippen molar-refractivity contribution in [3.8, 4) is 0 Å². The van der Waals surface area contributed by atoms with Crippen LogP contribution in [-0.4, -0.2) is 57.9 Å². The number of Topliss-reactive ketones (excluding diaryl/α,β-unsaturated/α-hetero) is 1. The van der Waals surface area contributed by atoms with Gasteiger partial charge in [0.2, 0.25) is 15.9 Å². The minimum absolute atomic E-state index is 0.0649. The number of rotatable bonds is 8. The fraction of sp³-hybridized carbons (Fsp3) is 0.364. The molecule has 0 bridgehead atoms. The van der Waals surface area contributed by atoms with E-state index in [0.29, 0.717) is 30.8 Å². The summed E-state index contributed by atoms with van der Waals surface area (Å²) in [5.74, 6) is 0.0513. The summed E-state index contributed by atoms with van der Waals surface area (Å²) in [5.41, 5.74) is 4.21. The normalized spacial score (nSPS) is 14.0. The number of ketones is 1. The zero-order chi connectivity index (χ0) is 21.9. The van der Waals surface area contributed by atoms with Crippen molar-refractivity contribution in [2.75, 3.05) is 42.6 Å². The molecule has 1 heterocycles. The Morgan fingerprint density at radius 3 is 2.50 bits per heavy atom. The predicted molar refractivity (Wildman–Crippen MR) is 119 cm³/mol. The molecule has 0 fully saturated rings. The van der Waals surface area contributed by atoms with E-state index in [1.54, 1.807) is 24.3 Å². The number of fused-ring (bicyclic) bond motifs is 1. The van der Waals surface area contributed by atoms with Gasteiger partial charge in [-0.3, -0.25) is 19.2 Å². The number of hydrogen-bond donors (Lipinski definition) is 1. The van der Waals surface area contributed by atoms with Gasteiger partial charge in [0.05, 0.1) is 12.8 Å². The van der Waals surface area contributed by atoms with Gasteiger partial charge in [0.15, 0.2) is 5.78 Å². The molecule has 2 aromatic rings. The van der Waals surface area contributed by atoms with Crippen LogP contribution in [0.5, 0.6) is 0 Å². The average Bonchev–Trinajstić information content (AvgIpc) is 2.67. The number of likely N-dealkylation sites (N-methyl/N-ethyl adjacent to an activating group) is 1. The highest BCUT2D eigenvalue weighted by Gasteiger charge is 2.25. The number of hydrogen-bond acceptors (Lipinski definition) is 5. The van der Waals surface area contributed by atoms with Gasteiger partial charge >= 0.3 is 0 Å². The number of aryl methyl sites for hydroxylation is 2. The molecule has 3 rings (SSSR count). The van der Waals surface area contributed by atoms with E-state index >= 15 is 0 Å². The molecule has 160 valence electrons. The largest absolute Gasteiger partial charge is 0.311 e. The molecule has 0 unspecified atom stereocenters. The molecular formula is C22H27N3O4S. The molecule has 1 aliphatic heterocycles. The molecule has 0 atom stereocenters. The van der Waals surface area contributed by atoms with E-state index in [1.807, 2.05) is 35.9 Å². The van der Waals surface area contributed by atoms with Crippen LogP contribution in [-0.2, 0) is 21.2 Å². The maximum absolute atomic E-state index is 12.6. The van der Waals surface area contributed by atoms with Gasteiger partial charge < -0.3 is 4.90 Å². The number of sulfonamides is 1. The Morgan fingerprint density at radius 2 is 1.83 bits per heavy atom. The van der Waals surface area contributed by atoms with Gasteiger partial charge in [-0.05, 0) is 55.8 Å². The van der Waals surface area contributed by atoms with E-state index in [4.69, 9.17) is 0 Å². The van der Waals surface area contributed by atoms with Crippen molar-refractivity contribution in [2.24, 2.45) is 0 Å². The first-order chi connectivity index (χ1) is 14.1. The third kappa shape index (κ3) is 5.46. The molecule has 0 saturated carbocycles. The Kier molecular flexibility index (Phi) is 6.58. The molecule has 1 amide bonds. The minimum atomic E-state index is -3.35. The summed E-state index contributed by atoms with van der Waals surface area (Å²) in [4.78, 5) is 28.8. The van der Waals surface area contributed by atoms with Crippen LogP contribution in [0.15, 0.2) is 42.5 Å². The van der Waals surface area contributed by atoms with Gasteiger partial charge in [0, 0.05) is 36.4 Å². The molecule has 0 spiro atoms. The third-order valence-electron chi connectivity index (χ3n) is 5.13. The van der Waals surface area contributed by atoms with E-state index in [1.165, 1.54) is 5.56 Å². The molecule has 0 aromatic heterocycles. The number of anilines is 2. The van der Waals surface area contributed by atoms with Crippen molar-refractivity contribution < 1.29 is 18.0 Å². The summed E-state index contributed by atoms with van der Waals surface area (Å²) in [6, 6.07) is 12.5. The topological polar surface area (TPSA) is 86.8 Å². The third-order valence-corrected chi connectivity index (χ3v) is 5.74.